The van der Waals surface area contributed by atoms with E-state index in [9.17, 15) is 0 Å². The van der Waals surface area contributed by atoms with E-state index in [-0.39, 0.29) is 0 Å². The van der Waals surface area contributed by atoms with Crippen molar-refractivity contribution in [2.75, 3.05) is 13.1 Å². The Hall–Kier alpha value is -1.58. The molecule has 3 rings (SSSR count). The third-order valence-corrected chi connectivity index (χ3v) is 4.15. The van der Waals surface area contributed by atoms with Crippen molar-refractivity contribution in [3.8, 4) is 0 Å². The molecule has 0 unspecified atom stereocenters. The number of benzene rings is 1. The molecule has 2 N–H and O–H groups in total. The maximum Gasteiger partial charge on any atom is 0.0627 e. The highest BCUT2D eigenvalue weighted by Gasteiger charge is 2.24. The van der Waals surface area contributed by atoms with E-state index in [0.29, 0.717) is 12.6 Å². The molecule has 0 saturated carbocycles. The lowest BCUT2D eigenvalue weighted by molar-refractivity contribution is 0.178. The minimum atomic E-state index is 0.313. The van der Waals surface area contributed by atoms with Gasteiger partial charge >= 0.3 is 0 Å². The van der Waals surface area contributed by atoms with Gasteiger partial charge in [0.2, 0.25) is 0 Å². The Morgan fingerprint density at radius 2 is 1.95 bits per heavy atom. The van der Waals surface area contributed by atoms with Crippen LogP contribution in [0, 0.1) is 0 Å². The summed E-state index contributed by atoms with van der Waals surface area (Å²) in [7, 11) is 2.09. The van der Waals surface area contributed by atoms with Crippen LogP contribution >= 0.6 is 0 Å². The van der Waals surface area contributed by atoms with Crippen LogP contribution in [0.25, 0.3) is 0 Å². The third kappa shape index (κ3) is 2.31. The zero-order valence-electron chi connectivity index (χ0n) is 11.4. The fraction of sp³-hybridized carbons (Fsp3) is 0.375. The van der Waals surface area contributed by atoms with Gasteiger partial charge in [-0.1, -0.05) is 24.3 Å². The molecule has 0 radical (unpaired) electrons. The number of rotatable bonds is 3. The van der Waals surface area contributed by atoms with Crippen LogP contribution in [0.5, 0.6) is 0 Å². The van der Waals surface area contributed by atoms with Gasteiger partial charge in [-0.25, -0.2) is 0 Å². The monoisotopic (exact) mass is 255 g/mol. The smallest absolute Gasteiger partial charge is 0.0627 e. The Morgan fingerprint density at radius 3 is 2.63 bits per heavy atom. The molecule has 1 aliphatic rings. The second kappa shape index (κ2) is 5.19. The maximum absolute atomic E-state index is 6.03. The first kappa shape index (κ1) is 12.5. The van der Waals surface area contributed by atoms with Crippen molar-refractivity contribution in [1.82, 2.24) is 9.47 Å². The molecular formula is C16H21N3. The number of aromatic nitrogens is 1. The number of aryl methyl sites for hydroxylation is 1. The van der Waals surface area contributed by atoms with Crippen LogP contribution in [0.15, 0.2) is 42.6 Å². The molecule has 0 fully saturated rings. The Labute approximate surface area is 114 Å². The fourth-order valence-electron chi connectivity index (χ4n) is 3.06. The van der Waals surface area contributed by atoms with Crippen molar-refractivity contribution < 1.29 is 0 Å². The van der Waals surface area contributed by atoms with Gasteiger partial charge in [-0.2, -0.15) is 0 Å². The number of hydrogen-bond acceptors (Lipinski definition) is 2. The van der Waals surface area contributed by atoms with Crippen LogP contribution in [-0.2, 0) is 20.0 Å². The molecule has 0 amide bonds. The Bertz CT molecular complexity index is 559. The summed E-state index contributed by atoms with van der Waals surface area (Å²) in [6, 6.07) is 13.3. The summed E-state index contributed by atoms with van der Waals surface area (Å²) in [6.45, 7) is 2.76. The number of nitrogens with two attached hydrogens (primary N) is 1. The van der Waals surface area contributed by atoms with Crippen molar-refractivity contribution in [2.24, 2.45) is 12.8 Å². The lowest BCUT2D eigenvalue weighted by Crippen LogP contribution is -2.38. The quantitative estimate of drug-likeness (QED) is 0.911. The molecule has 0 aliphatic carbocycles. The van der Waals surface area contributed by atoms with Gasteiger partial charge in [-0.15, -0.1) is 0 Å². The predicted octanol–water partition coefficient (Wildman–Crippen LogP) is 2.08. The van der Waals surface area contributed by atoms with Crippen molar-refractivity contribution in [3.05, 3.63) is 59.4 Å². The number of hydrogen-bond donors (Lipinski definition) is 1. The molecule has 1 aromatic carbocycles. The fourth-order valence-corrected chi connectivity index (χ4v) is 3.06. The Kier molecular flexibility index (Phi) is 3.40. The van der Waals surface area contributed by atoms with Gasteiger partial charge in [-0.05, 0) is 29.7 Å². The van der Waals surface area contributed by atoms with Crippen molar-refractivity contribution in [2.45, 2.75) is 19.0 Å². The molecule has 1 aliphatic heterocycles. The first-order valence-corrected chi connectivity index (χ1v) is 6.91. The topological polar surface area (TPSA) is 34.2 Å². The van der Waals surface area contributed by atoms with Crippen LogP contribution < -0.4 is 5.73 Å². The second-order valence-corrected chi connectivity index (χ2v) is 5.28. The molecular weight excluding hydrogens is 234 g/mol. The highest BCUT2D eigenvalue weighted by molar-refractivity contribution is 5.29. The molecule has 100 valence electrons. The molecule has 0 saturated heterocycles. The molecule has 2 heterocycles. The lowest BCUT2D eigenvalue weighted by Gasteiger charge is -2.35. The molecule has 3 nitrogen and oxygen atoms in total. The normalized spacial score (nSPS) is 17.2. The van der Waals surface area contributed by atoms with Crippen molar-refractivity contribution in [3.63, 3.8) is 0 Å². The Morgan fingerprint density at radius 1 is 1.16 bits per heavy atom. The van der Waals surface area contributed by atoms with Gasteiger partial charge < -0.3 is 10.3 Å². The summed E-state index contributed by atoms with van der Waals surface area (Å²) < 4.78 is 2.18. The van der Waals surface area contributed by atoms with Crippen molar-refractivity contribution in [1.29, 1.82) is 0 Å². The molecule has 19 heavy (non-hydrogen) atoms. The van der Waals surface area contributed by atoms with Gasteiger partial charge in [0.05, 0.1) is 6.04 Å². The van der Waals surface area contributed by atoms with Crippen LogP contribution in [0.3, 0.4) is 0 Å². The van der Waals surface area contributed by atoms with Gasteiger partial charge in [-0.3, -0.25) is 4.90 Å². The summed E-state index contributed by atoms with van der Waals surface area (Å²) in [6.07, 6.45) is 3.22. The van der Waals surface area contributed by atoms with Crippen LogP contribution in [0.1, 0.15) is 22.9 Å². The standard InChI is InChI=1S/C16H21N3/c1-18-9-4-7-15(18)16(11-17)19-10-8-13-5-2-3-6-14(13)12-19/h2-7,9,16H,8,10-12,17H2,1H3/t16-/m1/s1. The minimum absolute atomic E-state index is 0.313. The molecule has 0 spiro atoms. The predicted molar refractivity (Wildman–Crippen MR) is 77.8 cm³/mol. The Balaban J connectivity index is 1.85. The molecule has 2 aromatic rings. The largest absolute Gasteiger partial charge is 0.353 e. The van der Waals surface area contributed by atoms with E-state index < -0.39 is 0 Å². The van der Waals surface area contributed by atoms with Crippen LogP contribution in [0.4, 0.5) is 0 Å². The average Bonchev–Trinajstić information content (AvgIpc) is 2.86. The summed E-state index contributed by atoms with van der Waals surface area (Å²) in [5, 5.41) is 0. The van der Waals surface area contributed by atoms with E-state index in [4.69, 9.17) is 5.73 Å². The number of fused-ring (bicyclic) bond motifs is 1. The molecule has 0 bridgehead atoms. The van der Waals surface area contributed by atoms with E-state index in [1.54, 1.807) is 0 Å². The van der Waals surface area contributed by atoms with Gasteiger partial charge in [0, 0.05) is 38.6 Å². The zero-order chi connectivity index (χ0) is 13.2. The first-order chi connectivity index (χ1) is 9.29. The van der Waals surface area contributed by atoms with Gasteiger partial charge in [0.25, 0.3) is 0 Å². The first-order valence-electron chi connectivity index (χ1n) is 6.91. The van der Waals surface area contributed by atoms with Crippen molar-refractivity contribution >= 4 is 0 Å². The average molecular weight is 255 g/mol. The van der Waals surface area contributed by atoms with E-state index >= 15 is 0 Å². The summed E-state index contributed by atoms with van der Waals surface area (Å²) in [4.78, 5) is 2.50. The number of nitrogens with zero attached hydrogens (tertiary/aromatic N) is 2. The summed E-state index contributed by atoms with van der Waals surface area (Å²) in [5.41, 5.74) is 10.3. The van der Waals surface area contributed by atoms with E-state index in [1.165, 1.54) is 16.8 Å². The summed E-state index contributed by atoms with van der Waals surface area (Å²) >= 11 is 0. The van der Waals surface area contributed by atoms with E-state index in [1.807, 2.05) is 0 Å². The van der Waals surface area contributed by atoms with E-state index in [0.717, 1.165) is 19.5 Å². The second-order valence-electron chi connectivity index (χ2n) is 5.28. The molecule has 3 heteroatoms. The zero-order valence-corrected chi connectivity index (χ0v) is 11.4. The molecule has 1 aromatic heterocycles. The van der Waals surface area contributed by atoms with Crippen LogP contribution in [-0.4, -0.2) is 22.6 Å². The lowest BCUT2D eigenvalue weighted by atomic mass is 9.98. The minimum Gasteiger partial charge on any atom is -0.353 e. The molecule has 1 atom stereocenters. The highest BCUT2D eigenvalue weighted by Crippen LogP contribution is 2.27. The summed E-state index contributed by atoms with van der Waals surface area (Å²) in [5.74, 6) is 0. The van der Waals surface area contributed by atoms with Crippen LogP contribution in [0.2, 0.25) is 0 Å². The van der Waals surface area contributed by atoms with E-state index in [2.05, 4.69) is 59.1 Å². The highest BCUT2D eigenvalue weighted by atomic mass is 15.2. The van der Waals surface area contributed by atoms with Gasteiger partial charge in [0.15, 0.2) is 0 Å². The maximum atomic E-state index is 6.03. The van der Waals surface area contributed by atoms with Gasteiger partial charge in [0.1, 0.15) is 0 Å². The SMILES string of the molecule is Cn1cccc1[C@@H](CN)N1CCc2ccccc2C1. The third-order valence-electron chi connectivity index (χ3n) is 4.15.